The number of rotatable bonds is 3. The quantitative estimate of drug-likeness (QED) is 0.320. The molecule has 0 N–H and O–H groups in total. The third-order valence-electron chi connectivity index (χ3n) is 5.29. The van der Waals surface area contributed by atoms with Crippen LogP contribution in [0.3, 0.4) is 0 Å². The highest BCUT2D eigenvalue weighted by atomic mass is 35.5. The third-order valence-corrected chi connectivity index (χ3v) is 7.61. The van der Waals surface area contributed by atoms with E-state index in [0.29, 0.717) is 20.3 Å². The molecule has 0 amide bonds. The van der Waals surface area contributed by atoms with Crippen molar-refractivity contribution in [2.24, 2.45) is 0 Å². The third kappa shape index (κ3) is 3.17. The lowest BCUT2D eigenvalue weighted by Gasteiger charge is -2.25. The van der Waals surface area contributed by atoms with Gasteiger partial charge in [-0.15, -0.1) is 22.7 Å². The minimum absolute atomic E-state index is 0.246. The highest BCUT2D eigenvalue weighted by molar-refractivity contribution is 7.15. The van der Waals surface area contributed by atoms with Crippen LogP contribution in [0.25, 0.3) is 21.6 Å². The van der Waals surface area contributed by atoms with Crippen LogP contribution in [-0.4, -0.2) is 17.8 Å². The van der Waals surface area contributed by atoms with Crippen molar-refractivity contribution >= 4 is 45.4 Å². The zero-order valence-electron chi connectivity index (χ0n) is 16.4. The molecule has 0 nitrogen and oxygen atoms in total. The molecular weight excluding hydrogens is 478 g/mol. The summed E-state index contributed by atoms with van der Waals surface area (Å²) in [5, 5.41) is 0.465. The first-order valence-electron chi connectivity index (χ1n) is 9.12. The van der Waals surface area contributed by atoms with Gasteiger partial charge in [-0.2, -0.15) is 26.3 Å². The molecule has 1 aromatic carbocycles. The highest BCUT2D eigenvalue weighted by Gasteiger charge is 2.80. The van der Waals surface area contributed by atoms with E-state index in [0.717, 1.165) is 22.7 Å². The van der Waals surface area contributed by atoms with Crippen molar-refractivity contribution in [3.63, 3.8) is 0 Å². The first-order valence-corrected chi connectivity index (χ1v) is 11.1. The normalized spacial score (nSPS) is 19.3. The summed E-state index contributed by atoms with van der Waals surface area (Å²) < 4.78 is 88.7. The molecule has 3 aromatic rings. The van der Waals surface area contributed by atoms with E-state index in [1.807, 2.05) is 0 Å². The number of allylic oxidation sites excluding steroid dienone is 2. The summed E-state index contributed by atoms with van der Waals surface area (Å²) in [7, 11) is 0. The maximum atomic E-state index is 15.0. The fraction of sp³-hybridized carbons (Fsp3) is 0.273. The SMILES string of the molecule is Cc1cc(C2=C(c3cc(-c4ccc(Cl)cc4)sc3C)C(F)(F)C(F)(F)C2(F)F)c(C)s1. The van der Waals surface area contributed by atoms with Crippen LogP contribution in [0.5, 0.6) is 0 Å². The van der Waals surface area contributed by atoms with Gasteiger partial charge in [0.2, 0.25) is 0 Å². The van der Waals surface area contributed by atoms with E-state index < -0.39 is 28.9 Å². The Morgan fingerprint density at radius 2 is 1.19 bits per heavy atom. The number of halogens is 7. The fourth-order valence-corrected chi connectivity index (χ4v) is 5.89. The lowest BCUT2D eigenvalue weighted by molar-refractivity contribution is -0.254. The Hall–Kier alpha value is -1.77. The van der Waals surface area contributed by atoms with Gasteiger partial charge in [-0.05, 0) is 61.7 Å². The van der Waals surface area contributed by atoms with E-state index in [1.54, 1.807) is 31.2 Å². The Balaban J connectivity index is 2.02. The predicted molar refractivity (Wildman–Crippen MR) is 115 cm³/mol. The first kappa shape index (κ1) is 22.4. The van der Waals surface area contributed by atoms with Gasteiger partial charge in [-0.1, -0.05) is 23.7 Å². The average Bonchev–Trinajstić information content (AvgIpc) is 3.23. The van der Waals surface area contributed by atoms with Crippen LogP contribution in [0, 0.1) is 20.8 Å². The Morgan fingerprint density at radius 3 is 1.68 bits per heavy atom. The molecule has 9 heteroatoms. The second kappa shape index (κ2) is 7.12. The van der Waals surface area contributed by atoms with Gasteiger partial charge in [0.05, 0.1) is 0 Å². The van der Waals surface area contributed by atoms with Crippen molar-refractivity contribution in [2.45, 2.75) is 38.5 Å². The van der Waals surface area contributed by atoms with Crippen molar-refractivity contribution in [3.05, 3.63) is 67.2 Å². The van der Waals surface area contributed by atoms with Crippen molar-refractivity contribution in [3.8, 4) is 10.4 Å². The second-order valence-corrected chi connectivity index (χ2v) is 10.5. The van der Waals surface area contributed by atoms with Crippen LogP contribution in [0.4, 0.5) is 26.3 Å². The Labute approximate surface area is 187 Å². The number of aryl methyl sites for hydroxylation is 3. The molecule has 0 saturated heterocycles. The van der Waals surface area contributed by atoms with E-state index in [4.69, 9.17) is 11.6 Å². The Morgan fingerprint density at radius 1 is 0.710 bits per heavy atom. The summed E-state index contributed by atoms with van der Waals surface area (Å²) in [6.07, 6.45) is 0. The van der Waals surface area contributed by atoms with Crippen molar-refractivity contribution in [2.75, 3.05) is 0 Å². The van der Waals surface area contributed by atoms with Crippen LogP contribution < -0.4 is 0 Å². The maximum Gasteiger partial charge on any atom is 0.380 e. The lowest BCUT2D eigenvalue weighted by Crippen LogP contribution is -2.48. The van der Waals surface area contributed by atoms with E-state index in [-0.39, 0.29) is 20.9 Å². The van der Waals surface area contributed by atoms with Gasteiger partial charge in [0.1, 0.15) is 0 Å². The topological polar surface area (TPSA) is 0 Å². The largest absolute Gasteiger partial charge is 0.380 e. The number of benzene rings is 1. The van der Waals surface area contributed by atoms with Gasteiger partial charge in [0, 0.05) is 35.7 Å². The minimum Gasteiger partial charge on any atom is -0.194 e. The van der Waals surface area contributed by atoms with Crippen molar-refractivity contribution < 1.29 is 26.3 Å². The molecule has 0 fully saturated rings. The molecule has 0 unspecified atom stereocenters. The maximum absolute atomic E-state index is 15.0. The zero-order chi connectivity index (χ0) is 22.9. The molecule has 4 rings (SSSR count). The van der Waals surface area contributed by atoms with E-state index in [1.165, 1.54) is 26.0 Å². The molecule has 2 heterocycles. The summed E-state index contributed by atoms with van der Waals surface area (Å²) in [6, 6.07) is 9.03. The van der Waals surface area contributed by atoms with E-state index in [2.05, 4.69) is 0 Å². The lowest BCUT2D eigenvalue weighted by atomic mass is 9.95. The monoisotopic (exact) mass is 492 g/mol. The number of thiophene rings is 2. The summed E-state index contributed by atoms with van der Waals surface area (Å²) >= 11 is 8.04. The molecule has 1 aliphatic rings. The summed E-state index contributed by atoms with van der Waals surface area (Å²) in [4.78, 5) is 1.58. The van der Waals surface area contributed by atoms with Crippen molar-refractivity contribution in [1.82, 2.24) is 0 Å². The molecule has 1 aliphatic carbocycles. The first-order chi connectivity index (χ1) is 14.3. The van der Waals surface area contributed by atoms with Gasteiger partial charge < -0.3 is 0 Å². The van der Waals surface area contributed by atoms with E-state index >= 15 is 0 Å². The van der Waals surface area contributed by atoms with Crippen LogP contribution >= 0.6 is 34.3 Å². The van der Waals surface area contributed by atoms with Crippen LogP contribution in [-0.2, 0) is 0 Å². The van der Waals surface area contributed by atoms with Gasteiger partial charge in [-0.25, -0.2) is 0 Å². The molecule has 0 spiro atoms. The van der Waals surface area contributed by atoms with Gasteiger partial charge in [0.25, 0.3) is 0 Å². The van der Waals surface area contributed by atoms with Gasteiger partial charge in [0.15, 0.2) is 0 Å². The van der Waals surface area contributed by atoms with Crippen LogP contribution in [0.2, 0.25) is 5.02 Å². The van der Waals surface area contributed by atoms with Gasteiger partial charge in [-0.3, -0.25) is 0 Å². The summed E-state index contributed by atoms with van der Waals surface area (Å²) in [5.74, 6) is -15.6. The fourth-order valence-electron chi connectivity index (χ4n) is 3.80. The molecule has 2 aromatic heterocycles. The molecule has 0 radical (unpaired) electrons. The molecule has 0 aliphatic heterocycles. The van der Waals surface area contributed by atoms with Crippen LogP contribution in [0.1, 0.15) is 25.8 Å². The predicted octanol–water partition coefficient (Wildman–Crippen LogP) is 8.89. The van der Waals surface area contributed by atoms with Crippen LogP contribution in [0.15, 0.2) is 36.4 Å². The van der Waals surface area contributed by atoms with Gasteiger partial charge >= 0.3 is 17.8 Å². The zero-order valence-corrected chi connectivity index (χ0v) is 18.8. The van der Waals surface area contributed by atoms with E-state index in [9.17, 15) is 26.3 Å². The standard InChI is InChI=1S/C22H15ClF6S2/c1-10-8-15(11(2)30-10)18-19(21(26,27)22(28,29)20(18,24)25)16-9-17(31-12(16)3)13-4-6-14(23)7-5-13/h4-9H,1-3H3. The van der Waals surface area contributed by atoms with Crippen molar-refractivity contribution in [1.29, 1.82) is 0 Å². The number of hydrogen-bond donors (Lipinski definition) is 0. The molecular formula is C22H15ClF6S2. The highest BCUT2D eigenvalue weighted by Crippen LogP contribution is 2.65. The number of alkyl halides is 6. The molecule has 0 saturated carbocycles. The summed E-state index contributed by atoms with van der Waals surface area (Å²) in [5.41, 5.74) is -2.55. The molecule has 31 heavy (non-hydrogen) atoms. The Bertz CT molecular complexity index is 1200. The smallest absolute Gasteiger partial charge is 0.194 e. The minimum atomic E-state index is -5.55. The molecule has 0 bridgehead atoms. The molecule has 164 valence electrons. The average molecular weight is 493 g/mol. The Kier molecular flexibility index (Phi) is 5.15. The summed E-state index contributed by atoms with van der Waals surface area (Å²) in [6.45, 7) is 4.53. The number of hydrogen-bond acceptors (Lipinski definition) is 2. The second-order valence-electron chi connectivity index (χ2n) is 7.39. The molecule has 0 atom stereocenters.